The lowest BCUT2D eigenvalue weighted by molar-refractivity contribution is -0.119. The van der Waals surface area contributed by atoms with Gasteiger partial charge in [-0.1, -0.05) is 24.3 Å². The Morgan fingerprint density at radius 3 is 2.71 bits per heavy atom. The predicted octanol–water partition coefficient (Wildman–Crippen LogP) is 2.14. The van der Waals surface area contributed by atoms with Crippen LogP contribution in [0, 0.1) is 0 Å². The van der Waals surface area contributed by atoms with E-state index in [9.17, 15) is 4.79 Å². The monoisotopic (exact) mass is 324 g/mol. The van der Waals surface area contributed by atoms with E-state index in [1.807, 2.05) is 24.3 Å². The van der Waals surface area contributed by atoms with Crippen LogP contribution in [0.2, 0.25) is 0 Å². The number of ether oxygens (including phenoxy) is 1. The molecule has 0 saturated carbocycles. The number of nitrogens with zero attached hydrogens (tertiary/aromatic N) is 2. The average Bonchev–Trinajstić information content (AvgIpc) is 2.97. The molecule has 2 aromatic carbocycles. The summed E-state index contributed by atoms with van der Waals surface area (Å²) >= 11 is 0. The van der Waals surface area contributed by atoms with Crippen molar-refractivity contribution in [1.82, 2.24) is 10.3 Å². The minimum absolute atomic E-state index is 0.0694. The van der Waals surface area contributed by atoms with Gasteiger partial charge in [0.05, 0.1) is 13.5 Å². The van der Waals surface area contributed by atoms with E-state index in [1.165, 1.54) is 0 Å². The second kappa shape index (κ2) is 6.82. The summed E-state index contributed by atoms with van der Waals surface area (Å²) in [5.74, 6) is 0.383. The van der Waals surface area contributed by atoms with Gasteiger partial charge in [0.1, 0.15) is 11.3 Å². The van der Waals surface area contributed by atoms with Gasteiger partial charge in [-0.15, -0.1) is 0 Å². The Balaban J connectivity index is 1.64. The van der Waals surface area contributed by atoms with E-state index in [0.29, 0.717) is 11.1 Å². The van der Waals surface area contributed by atoms with E-state index in [2.05, 4.69) is 15.3 Å². The van der Waals surface area contributed by atoms with Crippen molar-refractivity contribution in [3.63, 3.8) is 0 Å². The lowest BCUT2D eigenvalue weighted by Crippen LogP contribution is -2.37. The van der Waals surface area contributed by atoms with Gasteiger partial charge in [-0.3, -0.25) is 10.1 Å². The maximum absolute atomic E-state index is 12.0. The third-order valence-electron chi connectivity index (χ3n) is 3.29. The van der Waals surface area contributed by atoms with Crippen molar-refractivity contribution in [3.05, 3.63) is 54.1 Å². The maximum Gasteiger partial charge on any atom is 0.325 e. The molecule has 0 saturated heterocycles. The molecule has 0 aliphatic rings. The van der Waals surface area contributed by atoms with E-state index < -0.39 is 0 Å². The zero-order valence-corrected chi connectivity index (χ0v) is 13.0. The minimum Gasteiger partial charge on any atom is -0.497 e. The predicted molar refractivity (Wildman–Crippen MR) is 90.1 cm³/mol. The highest BCUT2D eigenvalue weighted by Gasteiger charge is 2.08. The van der Waals surface area contributed by atoms with Crippen molar-refractivity contribution in [1.29, 1.82) is 0 Å². The van der Waals surface area contributed by atoms with Gasteiger partial charge in [0.15, 0.2) is 5.58 Å². The molecule has 0 atom stereocenters. The van der Waals surface area contributed by atoms with Crippen molar-refractivity contribution >= 4 is 29.0 Å². The number of hydrogen-bond donors (Lipinski definition) is 2. The van der Waals surface area contributed by atoms with Crippen LogP contribution in [0.3, 0.4) is 0 Å². The molecule has 0 bridgehead atoms. The topological polar surface area (TPSA) is 103 Å². The van der Waals surface area contributed by atoms with Crippen LogP contribution in [0.5, 0.6) is 5.75 Å². The van der Waals surface area contributed by atoms with Crippen molar-refractivity contribution in [2.75, 3.05) is 7.11 Å². The van der Waals surface area contributed by atoms with Gasteiger partial charge >= 0.3 is 6.01 Å². The first-order valence-corrected chi connectivity index (χ1v) is 7.26. The Bertz CT molecular complexity index is 851. The molecule has 7 nitrogen and oxygen atoms in total. The number of fused-ring (bicyclic) bond motifs is 1. The first-order chi connectivity index (χ1) is 11.6. The molecule has 3 rings (SSSR count). The number of carbonyl (C=O) groups is 1. The summed E-state index contributed by atoms with van der Waals surface area (Å²) < 4.78 is 10.5. The quantitative estimate of drug-likeness (QED) is 0.565. The smallest absolute Gasteiger partial charge is 0.325 e. The SMILES string of the molecule is COc1ccc(CC(=O)N/C(N)=N/c2nc3ccccc3o2)cc1. The minimum atomic E-state index is -0.280. The fraction of sp³-hybridized carbons (Fsp3) is 0.118. The van der Waals surface area contributed by atoms with Crippen LogP contribution in [0.4, 0.5) is 6.01 Å². The molecule has 1 aromatic heterocycles. The third kappa shape index (κ3) is 3.70. The van der Waals surface area contributed by atoms with Crippen LogP contribution in [-0.4, -0.2) is 24.0 Å². The Kier molecular flexibility index (Phi) is 4.42. The first kappa shape index (κ1) is 15.5. The Morgan fingerprint density at radius 1 is 1.25 bits per heavy atom. The summed E-state index contributed by atoms with van der Waals surface area (Å²) in [7, 11) is 1.59. The molecular formula is C17H16N4O3. The summed E-state index contributed by atoms with van der Waals surface area (Å²) in [6.07, 6.45) is 0.174. The number of rotatable bonds is 4. The van der Waals surface area contributed by atoms with Crippen LogP contribution in [0.25, 0.3) is 11.1 Å². The lowest BCUT2D eigenvalue weighted by Gasteiger charge is -2.04. The van der Waals surface area contributed by atoms with E-state index in [0.717, 1.165) is 11.3 Å². The molecule has 0 unspecified atom stereocenters. The molecule has 122 valence electrons. The second-order valence-corrected chi connectivity index (χ2v) is 5.03. The third-order valence-corrected chi connectivity index (χ3v) is 3.29. The molecular weight excluding hydrogens is 308 g/mol. The number of methoxy groups -OCH3 is 1. The fourth-order valence-electron chi connectivity index (χ4n) is 2.15. The van der Waals surface area contributed by atoms with Crippen molar-refractivity contribution in [2.45, 2.75) is 6.42 Å². The number of benzene rings is 2. The lowest BCUT2D eigenvalue weighted by atomic mass is 10.1. The zero-order chi connectivity index (χ0) is 16.9. The molecule has 24 heavy (non-hydrogen) atoms. The number of carbonyl (C=O) groups excluding carboxylic acids is 1. The molecule has 0 fully saturated rings. The highest BCUT2D eigenvalue weighted by Crippen LogP contribution is 2.19. The summed E-state index contributed by atoms with van der Waals surface area (Å²) in [5.41, 5.74) is 7.84. The molecule has 0 spiro atoms. The number of oxazole rings is 1. The summed E-state index contributed by atoms with van der Waals surface area (Å²) in [5, 5.41) is 2.51. The molecule has 0 radical (unpaired) electrons. The standard InChI is InChI=1S/C17H16N4O3/c1-23-12-8-6-11(7-9-12)10-15(22)20-16(18)21-17-19-13-4-2-3-5-14(13)24-17/h2-9H,10H2,1H3,(H3,18,19,20,21,22). The van der Waals surface area contributed by atoms with Gasteiger partial charge in [0, 0.05) is 0 Å². The number of amides is 1. The number of nitrogens with two attached hydrogens (primary N) is 1. The Labute approximate surface area is 138 Å². The van der Waals surface area contributed by atoms with E-state index >= 15 is 0 Å². The number of nitrogens with one attached hydrogen (secondary N) is 1. The normalized spacial score (nSPS) is 11.5. The van der Waals surface area contributed by atoms with Crippen LogP contribution in [-0.2, 0) is 11.2 Å². The summed E-state index contributed by atoms with van der Waals surface area (Å²) in [6, 6.07) is 14.6. The van der Waals surface area contributed by atoms with Gasteiger partial charge in [-0.25, -0.2) is 0 Å². The number of hydrogen-bond acceptors (Lipinski definition) is 5. The Hall–Kier alpha value is -3.35. The Morgan fingerprint density at radius 2 is 2.00 bits per heavy atom. The molecule has 3 aromatic rings. The van der Waals surface area contributed by atoms with Gasteiger partial charge < -0.3 is 14.9 Å². The molecule has 1 heterocycles. The van der Waals surface area contributed by atoms with Gasteiger partial charge in [-0.2, -0.15) is 9.98 Å². The number of para-hydroxylation sites is 2. The number of guanidine groups is 1. The molecule has 0 aliphatic heterocycles. The largest absolute Gasteiger partial charge is 0.497 e. The first-order valence-electron chi connectivity index (χ1n) is 7.26. The van der Waals surface area contributed by atoms with Gasteiger partial charge in [-0.05, 0) is 29.8 Å². The van der Waals surface area contributed by atoms with Crippen molar-refractivity contribution in [3.8, 4) is 5.75 Å². The van der Waals surface area contributed by atoms with Crippen LogP contribution in [0.15, 0.2) is 57.9 Å². The van der Waals surface area contributed by atoms with E-state index in [1.54, 1.807) is 31.4 Å². The number of aromatic nitrogens is 1. The van der Waals surface area contributed by atoms with Crippen molar-refractivity contribution < 1.29 is 13.9 Å². The van der Waals surface area contributed by atoms with Gasteiger partial charge in [0.2, 0.25) is 11.9 Å². The number of aliphatic imine (C=N–C) groups is 1. The molecule has 7 heteroatoms. The maximum atomic E-state index is 12.0. The second-order valence-electron chi connectivity index (χ2n) is 5.03. The molecule has 3 N–H and O–H groups in total. The highest BCUT2D eigenvalue weighted by molar-refractivity contribution is 5.97. The van der Waals surface area contributed by atoms with Crippen LogP contribution < -0.4 is 15.8 Å². The van der Waals surface area contributed by atoms with Crippen LogP contribution in [0.1, 0.15) is 5.56 Å². The van der Waals surface area contributed by atoms with E-state index in [-0.39, 0.29) is 24.3 Å². The highest BCUT2D eigenvalue weighted by atomic mass is 16.5. The van der Waals surface area contributed by atoms with Crippen LogP contribution >= 0.6 is 0 Å². The zero-order valence-electron chi connectivity index (χ0n) is 13.0. The fourth-order valence-corrected chi connectivity index (χ4v) is 2.15. The molecule has 1 amide bonds. The average molecular weight is 324 g/mol. The van der Waals surface area contributed by atoms with E-state index in [4.69, 9.17) is 14.9 Å². The van der Waals surface area contributed by atoms with Crippen molar-refractivity contribution in [2.24, 2.45) is 10.7 Å². The summed E-state index contributed by atoms with van der Waals surface area (Å²) in [6.45, 7) is 0. The van der Waals surface area contributed by atoms with Gasteiger partial charge in [0.25, 0.3) is 0 Å². The molecule has 0 aliphatic carbocycles. The summed E-state index contributed by atoms with van der Waals surface area (Å²) in [4.78, 5) is 20.1.